The number of hydrogen-bond acceptors (Lipinski definition) is 8. The lowest BCUT2D eigenvalue weighted by molar-refractivity contribution is -0.145. The summed E-state index contributed by atoms with van der Waals surface area (Å²) in [6, 6.07) is 17.1. The Balaban J connectivity index is 1.55. The maximum absolute atomic E-state index is 12.1. The predicted molar refractivity (Wildman–Crippen MR) is 110 cm³/mol. The number of para-hydroxylation sites is 2. The van der Waals surface area contributed by atoms with Crippen molar-refractivity contribution in [3.05, 3.63) is 66.0 Å². The number of nitrogens with two attached hydrogens (primary N) is 1. The Morgan fingerprint density at radius 1 is 1.03 bits per heavy atom. The van der Waals surface area contributed by atoms with Crippen LogP contribution in [0, 0.1) is 0 Å². The van der Waals surface area contributed by atoms with Crippen LogP contribution in [-0.4, -0.2) is 27.5 Å². The van der Waals surface area contributed by atoms with Gasteiger partial charge in [0.25, 0.3) is 0 Å². The first-order valence-electron chi connectivity index (χ1n) is 9.33. The number of hydrogen-bond donors (Lipinski definition) is 2. The van der Waals surface area contributed by atoms with Crippen LogP contribution >= 0.6 is 0 Å². The summed E-state index contributed by atoms with van der Waals surface area (Å²) in [4.78, 5) is 24.5. The number of nitrogens with zero attached hydrogens (tertiary/aromatic N) is 3. The monoisotopic (exact) mass is 393 g/mol. The average molecular weight is 393 g/mol. The van der Waals surface area contributed by atoms with E-state index >= 15 is 0 Å². The molecule has 3 N–H and O–H groups in total. The number of nitrogen functional groups attached to an aromatic ring is 1. The molecule has 29 heavy (non-hydrogen) atoms. The first-order valence-corrected chi connectivity index (χ1v) is 9.33. The molecule has 3 rings (SSSR count). The lowest BCUT2D eigenvalue weighted by atomic mass is 10.1. The molecule has 2 aromatic carbocycles. The van der Waals surface area contributed by atoms with Gasteiger partial charge in [-0.25, -0.2) is 0 Å². The summed E-state index contributed by atoms with van der Waals surface area (Å²) in [5, 5.41) is 3.04. The fraction of sp³-hybridized carbons (Fsp3) is 0.238. The number of aryl methyl sites for hydroxylation is 1. The molecule has 1 aromatic heterocycles. The van der Waals surface area contributed by atoms with Crippen molar-refractivity contribution in [3.63, 3.8) is 0 Å². The van der Waals surface area contributed by atoms with E-state index in [0.717, 1.165) is 17.0 Å². The zero-order valence-electron chi connectivity index (χ0n) is 16.2. The zero-order chi connectivity index (χ0) is 20.5. The lowest BCUT2D eigenvalue weighted by Crippen LogP contribution is -2.11. The van der Waals surface area contributed by atoms with Gasteiger partial charge in [-0.05, 0) is 37.1 Å². The van der Waals surface area contributed by atoms with Crippen molar-refractivity contribution in [1.29, 1.82) is 0 Å². The van der Waals surface area contributed by atoms with Gasteiger partial charge >= 0.3 is 5.97 Å². The third kappa shape index (κ3) is 6.17. The lowest BCUT2D eigenvalue weighted by Gasteiger charge is -2.10. The standard InChI is InChI=1S/C21H23N5O3/c1-2-28-17-11-7-6-8-15(17)12-13-19(27)29-14-18-24-20(22)26-21(25-18)23-16-9-4-3-5-10-16/h3-11H,2,12-14H2,1H3,(H3,22,23,24,25,26). The Hall–Kier alpha value is -3.68. The second-order valence-electron chi connectivity index (χ2n) is 6.13. The number of nitrogens with one attached hydrogen (secondary N) is 1. The van der Waals surface area contributed by atoms with Crippen molar-refractivity contribution in [2.24, 2.45) is 0 Å². The molecule has 0 fully saturated rings. The Morgan fingerprint density at radius 2 is 1.79 bits per heavy atom. The van der Waals surface area contributed by atoms with E-state index in [-0.39, 0.29) is 30.8 Å². The van der Waals surface area contributed by atoms with Gasteiger partial charge < -0.3 is 20.5 Å². The second kappa shape index (κ2) is 10.0. The van der Waals surface area contributed by atoms with Crippen LogP contribution in [0.15, 0.2) is 54.6 Å². The van der Waals surface area contributed by atoms with Crippen molar-refractivity contribution in [1.82, 2.24) is 15.0 Å². The van der Waals surface area contributed by atoms with Gasteiger partial charge in [0.05, 0.1) is 6.61 Å². The molecule has 0 spiro atoms. The molecular formula is C21H23N5O3. The van der Waals surface area contributed by atoms with Crippen molar-refractivity contribution in [2.75, 3.05) is 17.7 Å². The smallest absolute Gasteiger partial charge is 0.306 e. The van der Waals surface area contributed by atoms with Gasteiger partial charge in [-0.1, -0.05) is 36.4 Å². The van der Waals surface area contributed by atoms with E-state index in [4.69, 9.17) is 15.2 Å². The molecule has 3 aromatic rings. The van der Waals surface area contributed by atoms with Gasteiger partial charge in [0.1, 0.15) is 5.75 Å². The number of anilines is 3. The minimum absolute atomic E-state index is 0.0510. The molecule has 0 bridgehead atoms. The molecule has 0 aliphatic carbocycles. The third-order valence-electron chi connectivity index (χ3n) is 3.96. The molecule has 8 heteroatoms. The highest BCUT2D eigenvalue weighted by atomic mass is 16.5. The molecule has 0 saturated carbocycles. The van der Waals surface area contributed by atoms with Crippen molar-refractivity contribution in [3.8, 4) is 5.75 Å². The van der Waals surface area contributed by atoms with E-state index in [2.05, 4.69) is 20.3 Å². The average Bonchev–Trinajstić information content (AvgIpc) is 2.72. The largest absolute Gasteiger partial charge is 0.494 e. The van der Waals surface area contributed by atoms with Crippen molar-refractivity contribution in [2.45, 2.75) is 26.4 Å². The van der Waals surface area contributed by atoms with Gasteiger partial charge in [0, 0.05) is 12.1 Å². The van der Waals surface area contributed by atoms with E-state index in [1.165, 1.54) is 0 Å². The molecule has 0 unspecified atom stereocenters. The summed E-state index contributed by atoms with van der Waals surface area (Å²) in [6.07, 6.45) is 0.745. The molecule has 0 amide bonds. The van der Waals surface area contributed by atoms with E-state index in [1.807, 2.05) is 61.5 Å². The maximum Gasteiger partial charge on any atom is 0.306 e. The summed E-state index contributed by atoms with van der Waals surface area (Å²) in [5.41, 5.74) is 7.52. The summed E-state index contributed by atoms with van der Waals surface area (Å²) in [6.45, 7) is 2.41. The highest BCUT2D eigenvalue weighted by Gasteiger charge is 2.10. The van der Waals surface area contributed by atoms with Gasteiger partial charge in [0.15, 0.2) is 12.4 Å². The van der Waals surface area contributed by atoms with Crippen LogP contribution in [0.5, 0.6) is 5.75 Å². The molecule has 8 nitrogen and oxygen atoms in total. The van der Waals surface area contributed by atoms with Crippen LogP contribution in [0.3, 0.4) is 0 Å². The van der Waals surface area contributed by atoms with E-state index in [0.29, 0.717) is 19.0 Å². The minimum atomic E-state index is -0.354. The van der Waals surface area contributed by atoms with E-state index in [1.54, 1.807) is 0 Å². The molecule has 0 atom stereocenters. The summed E-state index contributed by atoms with van der Waals surface area (Å²) in [7, 11) is 0. The fourth-order valence-corrected chi connectivity index (χ4v) is 2.67. The predicted octanol–water partition coefficient (Wildman–Crippen LogP) is 3.27. The van der Waals surface area contributed by atoms with Crippen LogP contribution in [-0.2, 0) is 22.6 Å². The molecule has 0 aliphatic heterocycles. The quantitative estimate of drug-likeness (QED) is 0.533. The van der Waals surface area contributed by atoms with Crippen LogP contribution in [0.1, 0.15) is 24.7 Å². The van der Waals surface area contributed by atoms with E-state index in [9.17, 15) is 4.79 Å². The number of ether oxygens (including phenoxy) is 2. The summed E-state index contributed by atoms with van der Waals surface area (Å²) < 4.78 is 10.9. The molecule has 1 heterocycles. The highest BCUT2D eigenvalue weighted by molar-refractivity contribution is 5.69. The number of rotatable bonds is 9. The van der Waals surface area contributed by atoms with Gasteiger partial charge in [0.2, 0.25) is 11.9 Å². The SMILES string of the molecule is CCOc1ccccc1CCC(=O)OCc1nc(N)nc(Nc2ccccc2)n1. The molecule has 0 saturated heterocycles. The summed E-state index contributed by atoms with van der Waals surface area (Å²) >= 11 is 0. The van der Waals surface area contributed by atoms with Gasteiger partial charge in [-0.15, -0.1) is 0 Å². The first kappa shape index (κ1) is 20.1. The van der Waals surface area contributed by atoms with Crippen LogP contribution in [0.2, 0.25) is 0 Å². The number of aromatic nitrogens is 3. The van der Waals surface area contributed by atoms with Gasteiger partial charge in [-0.3, -0.25) is 4.79 Å². The minimum Gasteiger partial charge on any atom is -0.494 e. The van der Waals surface area contributed by atoms with Crippen molar-refractivity contribution < 1.29 is 14.3 Å². The highest BCUT2D eigenvalue weighted by Crippen LogP contribution is 2.20. The Labute approximate surface area is 169 Å². The second-order valence-corrected chi connectivity index (χ2v) is 6.13. The topological polar surface area (TPSA) is 112 Å². The first-order chi connectivity index (χ1) is 14.1. The van der Waals surface area contributed by atoms with Crippen LogP contribution in [0.25, 0.3) is 0 Å². The number of esters is 1. The number of benzene rings is 2. The number of carbonyl (C=O) groups is 1. The number of carbonyl (C=O) groups excluding carboxylic acids is 1. The molecule has 0 aliphatic rings. The fourth-order valence-electron chi connectivity index (χ4n) is 2.67. The Kier molecular flexibility index (Phi) is 6.94. The Morgan fingerprint density at radius 3 is 2.59 bits per heavy atom. The van der Waals surface area contributed by atoms with Gasteiger partial charge in [-0.2, -0.15) is 15.0 Å². The summed E-state index contributed by atoms with van der Waals surface area (Å²) in [5.74, 6) is 1.05. The van der Waals surface area contributed by atoms with E-state index < -0.39 is 0 Å². The van der Waals surface area contributed by atoms with Crippen LogP contribution in [0.4, 0.5) is 17.6 Å². The Bertz CT molecular complexity index is 950. The van der Waals surface area contributed by atoms with Crippen molar-refractivity contribution >= 4 is 23.6 Å². The maximum atomic E-state index is 12.1. The molecular weight excluding hydrogens is 370 g/mol. The molecule has 0 radical (unpaired) electrons. The molecule has 150 valence electrons. The van der Waals surface area contributed by atoms with Crippen LogP contribution < -0.4 is 15.8 Å². The third-order valence-corrected chi connectivity index (χ3v) is 3.96. The zero-order valence-corrected chi connectivity index (χ0v) is 16.2. The normalized spacial score (nSPS) is 10.4.